The second kappa shape index (κ2) is 3.28. The van der Waals surface area contributed by atoms with Gasteiger partial charge in [-0.25, -0.2) is 0 Å². The first-order chi connectivity index (χ1) is 3.93. The van der Waals surface area contributed by atoms with Gasteiger partial charge in [0.1, 0.15) is 0 Å². The van der Waals surface area contributed by atoms with Gasteiger partial charge in [-0.1, -0.05) is 38.1 Å². The van der Waals surface area contributed by atoms with Crippen molar-refractivity contribution in [2.45, 2.75) is 38.1 Å². The zero-order chi connectivity index (χ0) is 5.82. The van der Waals surface area contributed by atoms with Gasteiger partial charge < -0.3 is 0 Å². The average molecular weight is 127 g/mol. The quantitative estimate of drug-likeness (QED) is 0.470. The molecule has 1 aliphatic rings. The van der Waals surface area contributed by atoms with Crippen LogP contribution in [0.15, 0.2) is 0 Å². The molecule has 1 saturated carbocycles. The standard InChI is InChI=1S/C7H15Si/c8-6-7-4-2-1-3-5-7/h7H,1-6,8H2. The molecule has 0 nitrogen and oxygen atoms in total. The van der Waals surface area contributed by atoms with Crippen LogP contribution in [0.1, 0.15) is 32.1 Å². The molecule has 0 atom stereocenters. The Labute approximate surface area is 55.1 Å². The summed E-state index contributed by atoms with van der Waals surface area (Å²) in [6.07, 6.45) is 7.54. The number of hydrogen-bond donors (Lipinski definition) is 0. The summed E-state index contributed by atoms with van der Waals surface area (Å²) < 4.78 is 0. The van der Waals surface area contributed by atoms with E-state index in [2.05, 4.69) is 10.2 Å². The van der Waals surface area contributed by atoms with E-state index in [-0.39, 0.29) is 0 Å². The minimum Gasteiger partial charge on any atom is -0.0624 e. The van der Waals surface area contributed by atoms with Crippen LogP contribution >= 0.6 is 0 Å². The molecule has 0 amide bonds. The molecule has 0 aromatic heterocycles. The Hall–Kier alpha value is 0.217. The highest BCUT2D eigenvalue weighted by Gasteiger charge is 2.09. The summed E-state index contributed by atoms with van der Waals surface area (Å²) in [5, 5.41) is 0. The first-order valence-electron chi connectivity index (χ1n) is 3.72. The molecule has 1 rings (SSSR count). The van der Waals surface area contributed by atoms with Crippen molar-refractivity contribution in [2.24, 2.45) is 5.92 Å². The summed E-state index contributed by atoms with van der Waals surface area (Å²) in [6.45, 7) is 0. The molecule has 0 unspecified atom stereocenters. The van der Waals surface area contributed by atoms with Gasteiger partial charge in [-0.15, -0.1) is 0 Å². The van der Waals surface area contributed by atoms with Crippen LogP contribution in [0.25, 0.3) is 0 Å². The SMILES string of the molecule is [SiH2]CC1CCCCC1. The molecule has 0 aromatic rings. The smallest absolute Gasteiger partial charge is 0.00833 e. The van der Waals surface area contributed by atoms with Crippen molar-refractivity contribution in [3.05, 3.63) is 0 Å². The summed E-state index contributed by atoms with van der Waals surface area (Å²) >= 11 is 0. The van der Waals surface area contributed by atoms with Gasteiger partial charge >= 0.3 is 0 Å². The molecule has 1 aliphatic carbocycles. The predicted molar refractivity (Wildman–Crippen MR) is 39.9 cm³/mol. The second-order valence-corrected chi connectivity index (χ2v) is 3.37. The first kappa shape index (κ1) is 6.34. The first-order valence-corrected chi connectivity index (χ1v) is 4.72. The van der Waals surface area contributed by atoms with Crippen LogP contribution in [0, 0.1) is 5.92 Å². The summed E-state index contributed by atoms with van der Waals surface area (Å²) in [7, 11) is 2.14. The van der Waals surface area contributed by atoms with Crippen molar-refractivity contribution in [1.82, 2.24) is 0 Å². The maximum Gasteiger partial charge on any atom is 0.00833 e. The Morgan fingerprint density at radius 3 is 2.12 bits per heavy atom. The molecule has 0 saturated heterocycles. The van der Waals surface area contributed by atoms with E-state index in [4.69, 9.17) is 0 Å². The van der Waals surface area contributed by atoms with Crippen LogP contribution < -0.4 is 0 Å². The lowest BCUT2D eigenvalue weighted by Crippen LogP contribution is -2.04. The highest BCUT2D eigenvalue weighted by atomic mass is 28.1. The third kappa shape index (κ3) is 1.62. The van der Waals surface area contributed by atoms with Crippen LogP contribution in [0.5, 0.6) is 0 Å². The van der Waals surface area contributed by atoms with Crippen molar-refractivity contribution < 1.29 is 0 Å². The third-order valence-corrected chi connectivity index (χ3v) is 2.95. The molecule has 0 bridgehead atoms. The maximum atomic E-state index is 2.14. The summed E-state index contributed by atoms with van der Waals surface area (Å²) in [5.74, 6) is 1.10. The monoisotopic (exact) mass is 127 g/mol. The minimum absolute atomic E-state index is 1.10. The molecule has 0 spiro atoms. The van der Waals surface area contributed by atoms with E-state index in [1.165, 1.54) is 38.1 Å². The molecule has 1 radical (unpaired) electrons. The fourth-order valence-corrected chi connectivity index (χ4v) is 2.05. The van der Waals surface area contributed by atoms with E-state index in [0.717, 1.165) is 5.92 Å². The van der Waals surface area contributed by atoms with E-state index in [1.54, 1.807) is 0 Å². The summed E-state index contributed by atoms with van der Waals surface area (Å²) in [4.78, 5) is 0. The van der Waals surface area contributed by atoms with Crippen molar-refractivity contribution in [3.8, 4) is 0 Å². The topological polar surface area (TPSA) is 0 Å². The summed E-state index contributed by atoms with van der Waals surface area (Å²) in [6, 6.07) is 1.44. The lowest BCUT2D eigenvalue weighted by Gasteiger charge is -2.18. The van der Waals surface area contributed by atoms with Crippen LogP contribution in [0.3, 0.4) is 0 Å². The van der Waals surface area contributed by atoms with E-state index < -0.39 is 0 Å². The molecular formula is C7H15Si. The lowest BCUT2D eigenvalue weighted by molar-refractivity contribution is 0.385. The molecule has 8 heavy (non-hydrogen) atoms. The Morgan fingerprint density at radius 1 is 1.12 bits per heavy atom. The molecule has 1 heteroatoms. The van der Waals surface area contributed by atoms with Gasteiger partial charge in [0.15, 0.2) is 0 Å². The maximum absolute atomic E-state index is 2.14. The highest BCUT2D eigenvalue weighted by molar-refractivity contribution is 6.08. The molecule has 0 aromatic carbocycles. The van der Waals surface area contributed by atoms with E-state index in [0.29, 0.717) is 0 Å². The van der Waals surface area contributed by atoms with E-state index in [1.807, 2.05) is 0 Å². The molecular weight excluding hydrogens is 112 g/mol. The number of hydrogen-bond acceptors (Lipinski definition) is 0. The van der Waals surface area contributed by atoms with Gasteiger partial charge in [0.2, 0.25) is 0 Å². The van der Waals surface area contributed by atoms with Crippen molar-refractivity contribution in [1.29, 1.82) is 0 Å². The average Bonchev–Trinajstić information content (AvgIpc) is 1.90. The Morgan fingerprint density at radius 2 is 1.75 bits per heavy atom. The summed E-state index contributed by atoms with van der Waals surface area (Å²) in [5.41, 5.74) is 0. The fraction of sp³-hybridized carbons (Fsp3) is 1.00. The second-order valence-electron chi connectivity index (χ2n) is 2.79. The fourth-order valence-electron chi connectivity index (χ4n) is 1.48. The van der Waals surface area contributed by atoms with E-state index >= 15 is 0 Å². The van der Waals surface area contributed by atoms with Crippen LogP contribution in [0.4, 0.5) is 0 Å². The highest BCUT2D eigenvalue weighted by Crippen LogP contribution is 2.25. The van der Waals surface area contributed by atoms with Gasteiger partial charge in [0.25, 0.3) is 0 Å². The normalized spacial score (nSPS) is 23.6. The Kier molecular flexibility index (Phi) is 2.60. The largest absolute Gasteiger partial charge is 0.0624 e. The number of rotatable bonds is 1. The molecule has 47 valence electrons. The van der Waals surface area contributed by atoms with Gasteiger partial charge in [0, 0.05) is 10.2 Å². The van der Waals surface area contributed by atoms with Gasteiger partial charge in [0.05, 0.1) is 0 Å². The third-order valence-electron chi connectivity index (χ3n) is 2.13. The zero-order valence-corrected chi connectivity index (χ0v) is 6.94. The van der Waals surface area contributed by atoms with E-state index in [9.17, 15) is 0 Å². The van der Waals surface area contributed by atoms with Crippen LogP contribution in [0.2, 0.25) is 6.04 Å². The molecule has 1 fully saturated rings. The Balaban J connectivity index is 2.13. The van der Waals surface area contributed by atoms with Gasteiger partial charge in [-0.2, -0.15) is 0 Å². The van der Waals surface area contributed by atoms with Gasteiger partial charge in [-0.05, 0) is 5.92 Å². The zero-order valence-electron chi connectivity index (χ0n) is 5.53. The van der Waals surface area contributed by atoms with Gasteiger partial charge in [-0.3, -0.25) is 0 Å². The predicted octanol–water partition coefficient (Wildman–Crippen LogP) is 1.62. The van der Waals surface area contributed by atoms with Crippen LogP contribution in [-0.4, -0.2) is 10.2 Å². The molecule has 0 heterocycles. The Bertz CT molecular complexity index is 55.4. The van der Waals surface area contributed by atoms with Crippen molar-refractivity contribution in [3.63, 3.8) is 0 Å². The minimum atomic E-state index is 1.10. The van der Waals surface area contributed by atoms with Crippen LogP contribution in [-0.2, 0) is 0 Å². The lowest BCUT2D eigenvalue weighted by atomic mass is 9.91. The van der Waals surface area contributed by atoms with Crippen molar-refractivity contribution >= 4 is 10.2 Å². The van der Waals surface area contributed by atoms with Crippen molar-refractivity contribution in [2.75, 3.05) is 0 Å². The molecule has 0 aliphatic heterocycles. The molecule has 0 N–H and O–H groups in total.